The molecule has 1 N–H and O–H groups in total. The summed E-state index contributed by atoms with van der Waals surface area (Å²) in [5.41, 5.74) is 0. The molecule has 1 heterocycles. The smallest absolute Gasteiger partial charge is 0.151 e. The van der Waals surface area contributed by atoms with E-state index in [0.717, 1.165) is 32.5 Å². The number of hydrogen-bond donors (Lipinski definition) is 1. The van der Waals surface area contributed by atoms with Crippen LogP contribution in [0.4, 0.5) is 0 Å². The zero-order valence-electron chi connectivity index (χ0n) is 10.8. The van der Waals surface area contributed by atoms with Gasteiger partial charge in [-0.25, -0.2) is 8.42 Å². The summed E-state index contributed by atoms with van der Waals surface area (Å²) in [5.74, 6) is 0.571. The molecule has 0 bridgehead atoms. The van der Waals surface area contributed by atoms with E-state index in [1.54, 1.807) is 6.92 Å². The summed E-state index contributed by atoms with van der Waals surface area (Å²) in [4.78, 5) is 2.33. The molecule has 0 aromatic heterocycles. The molecule has 0 aromatic carbocycles. The van der Waals surface area contributed by atoms with Crippen molar-refractivity contribution < 1.29 is 8.42 Å². The van der Waals surface area contributed by atoms with E-state index in [2.05, 4.69) is 17.1 Å². The topological polar surface area (TPSA) is 49.4 Å². The average Bonchev–Trinajstić information content (AvgIpc) is 2.28. The Morgan fingerprint density at radius 1 is 1.35 bits per heavy atom. The second kappa shape index (κ2) is 8.29. The van der Waals surface area contributed by atoms with Gasteiger partial charge in [-0.1, -0.05) is 20.3 Å². The van der Waals surface area contributed by atoms with Crippen molar-refractivity contribution >= 4 is 22.2 Å². The minimum absolute atomic E-state index is 0. The van der Waals surface area contributed by atoms with Crippen molar-refractivity contribution in [2.45, 2.75) is 32.7 Å². The molecule has 0 aliphatic carbocycles. The summed E-state index contributed by atoms with van der Waals surface area (Å²) in [6, 6.07) is 0.519. The van der Waals surface area contributed by atoms with E-state index >= 15 is 0 Å². The maximum Gasteiger partial charge on any atom is 0.151 e. The number of halogens is 1. The molecule has 1 rings (SSSR count). The summed E-state index contributed by atoms with van der Waals surface area (Å²) in [6.45, 7) is 7.55. The van der Waals surface area contributed by atoms with E-state index in [4.69, 9.17) is 0 Å². The Morgan fingerprint density at radius 3 is 2.65 bits per heavy atom. The van der Waals surface area contributed by atoms with Crippen molar-refractivity contribution in [3.05, 3.63) is 0 Å². The minimum Gasteiger partial charge on any atom is -0.314 e. The van der Waals surface area contributed by atoms with E-state index in [1.165, 1.54) is 0 Å². The van der Waals surface area contributed by atoms with Crippen molar-refractivity contribution in [1.82, 2.24) is 10.2 Å². The molecular weight excluding hydrogens is 260 g/mol. The molecule has 17 heavy (non-hydrogen) atoms. The van der Waals surface area contributed by atoms with Gasteiger partial charge < -0.3 is 5.32 Å². The van der Waals surface area contributed by atoms with E-state index in [0.29, 0.717) is 18.3 Å². The van der Waals surface area contributed by atoms with Crippen LogP contribution in [-0.2, 0) is 9.84 Å². The predicted octanol–water partition coefficient (Wildman–Crippen LogP) is 0.917. The van der Waals surface area contributed by atoms with Gasteiger partial charge in [0.1, 0.15) is 0 Å². The largest absolute Gasteiger partial charge is 0.314 e. The van der Waals surface area contributed by atoms with Gasteiger partial charge in [0, 0.05) is 38.0 Å². The number of nitrogens with one attached hydrogen (secondary N) is 1. The Balaban J connectivity index is 0.00000256. The molecule has 1 unspecified atom stereocenters. The van der Waals surface area contributed by atoms with E-state index < -0.39 is 9.84 Å². The predicted molar refractivity (Wildman–Crippen MR) is 74.7 cm³/mol. The Labute approximate surface area is 111 Å². The maximum absolute atomic E-state index is 11.5. The second-order valence-electron chi connectivity index (χ2n) is 4.42. The van der Waals surface area contributed by atoms with Crippen LogP contribution >= 0.6 is 12.4 Å². The Bertz CT molecular complexity index is 294. The van der Waals surface area contributed by atoms with Crippen LogP contribution in [0.2, 0.25) is 0 Å². The molecule has 1 aliphatic rings. The number of hydrogen-bond acceptors (Lipinski definition) is 4. The Morgan fingerprint density at radius 2 is 2.06 bits per heavy atom. The standard InChI is InChI=1S/C11H24N2O2S.ClH/c1-3-5-11-10-12-6-7-13(11)8-9-16(14,15)4-2;/h11-12H,3-10H2,1-2H3;1H. The monoisotopic (exact) mass is 284 g/mol. The maximum atomic E-state index is 11.5. The van der Waals surface area contributed by atoms with E-state index in [9.17, 15) is 8.42 Å². The van der Waals surface area contributed by atoms with Gasteiger partial charge in [0.25, 0.3) is 0 Å². The third kappa shape index (κ3) is 6.04. The summed E-state index contributed by atoms with van der Waals surface area (Å²) < 4.78 is 22.9. The van der Waals surface area contributed by atoms with Crippen LogP contribution in [0.5, 0.6) is 0 Å². The molecule has 1 fully saturated rings. The summed E-state index contributed by atoms with van der Waals surface area (Å²) in [5, 5.41) is 3.37. The molecule has 0 radical (unpaired) electrons. The molecule has 6 heteroatoms. The van der Waals surface area contributed by atoms with Crippen LogP contribution in [0.3, 0.4) is 0 Å². The van der Waals surface area contributed by atoms with Crippen molar-refractivity contribution in [3.63, 3.8) is 0 Å². The lowest BCUT2D eigenvalue weighted by Crippen LogP contribution is -2.52. The van der Waals surface area contributed by atoms with Gasteiger partial charge in [0.05, 0.1) is 5.75 Å². The van der Waals surface area contributed by atoms with Crippen molar-refractivity contribution in [1.29, 1.82) is 0 Å². The van der Waals surface area contributed by atoms with E-state index in [-0.39, 0.29) is 18.2 Å². The summed E-state index contributed by atoms with van der Waals surface area (Å²) in [7, 11) is -2.82. The van der Waals surface area contributed by atoms with Crippen LogP contribution in [0.1, 0.15) is 26.7 Å². The zero-order valence-corrected chi connectivity index (χ0v) is 12.4. The van der Waals surface area contributed by atoms with Crippen molar-refractivity contribution in [2.75, 3.05) is 37.7 Å². The number of rotatable bonds is 6. The molecule has 0 amide bonds. The first kappa shape index (κ1) is 17.2. The first-order chi connectivity index (χ1) is 7.59. The van der Waals surface area contributed by atoms with Gasteiger partial charge in [-0.3, -0.25) is 4.90 Å². The molecule has 0 aromatic rings. The van der Waals surface area contributed by atoms with Crippen LogP contribution in [0.15, 0.2) is 0 Å². The second-order valence-corrected chi connectivity index (χ2v) is 6.89. The van der Waals surface area contributed by atoms with Gasteiger partial charge >= 0.3 is 0 Å². The zero-order chi connectivity index (χ0) is 12.0. The van der Waals surface area contributed by atoms with Crippen molar-refractivity contribution in [3.8, 4) is 0 Å². The van der Waals surface area contributed by atoms with Gasteiger partial charge in [0.2, 0.25) is 0 Å². The lowest BCUT2D eigenvalue weighted by atomic mass is 10.1. The first-order valence-electron chi connectivity index (χ1n) is 6.24. The highest BCUT2D eigenvalue weighted by atomic mass is 35.5. The lowest BCUT2D eigenvalue weighted by molar-refractivity contribution is 0.161. The SMILES string of the molecule is CCCC1CNCCN1CCS(=O)(=O)CC.Cl. The minimum atomic E-state index is -2.82. The van der Waals surface area contributed by atoms with Crippen molar-refractivity contribution in [2.24, 2.45) is 0 Å². The highest BCUT2D eigenvalue weighted by Gasteiger charge is 2.22. The van der Waals surface area contributed by atoms with Gasteiger partial charge in [0.15, 0.2) is 9.84 Å². The molecular formula is C11H25ClN2O2S. The van der Waals surface area contributed by atoms with Crippen LogP contribution < -0.4 is 5.32 Å². The van der Waals surface area contributed by atoms with Crippen LogP contribution in [-0.4, -0.2) is 57.0 Å². The fourth-order valence-electron chi connectivity index (χ4n) is 2.12. The van der Waals surface area contributed by atoms with Gasteiger partial charge in [-0.2, -0.15) is 0 Å². The Hall–Kier alpha value is 0.160. The number of piperazine rings is 1. The fraction of sp³-hybridized carbons (Fsp3) is 1.00. The van der Waals surface area contributed by atoms with Crippen LogP contribution in [0.25, 0.3) is 0 Å². The quantitative estimate of drug-likeness (QED) is 0.788. The highest BCUT2D eigenvalue weighted by molar-refractivity contribution is 7.91. The molecule has 4 nitrogen and oxygen atoms in total. The average molecular weight is 285 g/mol. The highest BCUT2D eigenvalue weighted by Crippen LogP contribution is 2.09. The van der Waals surface area contributed by atoms with Crippen LogP contribution in [0, 0.1) is 0 Å². The van der Waals surface area contributed by atoms with Gasteiger partial charge in [-0.05, 0) is 6.42 Å². The lowest BCUT2D eigenvalue weighted by Gasteiger charge is -2.36. The summed E-state index contributed by atoms with van der Waals surface area (Å²) >= 11 is 0. The number of sulfone groups is 1. The molecule has 104 valence electrons. The molecule has 1 atom stereocenters. The first-order valence-corrected chi connectivity index (χ1v) is 8.06. The normalized spacial score (nSPS) is 22.1. The molecule has 0 spiro atoms. The molecule has 0 saturated carbocycles. The van der Waals surface area contributed by atoms with E-state index in [1.807, 2.05) is 0 Å². The molecule has 1 aliphatic heterocycles. The van der Waals surface area contributed by atoms with Gasteiger partial charge in [-0.15, -0.1) is 12.4 Å². The Kier molecular flexibility index (Phi) is 8.37. The third-order valence-electron chi connectivity index (χ3n) is 3.22. The third-order valence-corrected chi connectivity index (χ3v) is 4.91. The molecule has 1 saturated heterocycles. The fourth-order valence-corrected chi connectivity index (χ4v) is 2.92. The summed E-state index contributed by atoms with van der Waals surface area (Å²) in [6.07, 6.45) is 2.31. The number of nitrogens with zero attached hydrogens (tertiary/aromatic N) is 1.